The Morgan fingerprint density at radius 2 is 2.19 bits per heavy atom. The lowest BCUT2D eigenvalue weighted by Crippen LogP contribution is -2.02. The third-order valence-electron chi connectivity index (χ3n) is 1.85. The first-order valence-corrected chi connectivity index (χ1v) is 4.18. The average Bonchev–Trinajstić information content (AvgIpc) is 2.29. The fourth-order valence-corrected chi connectivity index (χ4v) is 1.13. The molecule has 0 aliphatic carbocycles. The van der Waals surface area contributed by atoms with Gasteiger partial charge in [0.25, 0.3) is 0 Å². The quantitative estimate of drug-likeness (QED) is 0.366. The number of ether oxygens (including phenoxy) is 2. The summed E-state index contributed by atoms with van der Waals surface area (Å²) in [6.45, 7) is 0. The fourth-order valence-electron chi connectivity index (χ4n) is 1.13. The van der Waals surface area contributed by atoms with Gasteiger partial charge in [0.15, 0.2) is 11.5 Å². The summed E-state index contributed by atoms with van der Waals surface area (Å²) in [5.41, 5.74) is 8.31. The smallest absolute Gasteiger partial charge is 0.338 e. The number of aromatic hydroxyl groups is 1. The molecule has 0 amide bonds. The summed E-state index contributed by atoms with van der Waals surface area (Å²) < 4.78 is 9.32. The Labute approximate surface area is 90.8 Å². The Hall–Kier alpha value is -2.40. The van der Waals surface area contributed by atoms with Crippen molar-refractivity contribution < 1.29 is 19.4 Å². The second kappa shape index (κ2) is 4.90. The molecule has 7 heteroatoms. The van der Waals surface area contributed by atoms with Gasteiger partial charge < -0.3 is 14.6 Å². The number of esters is 1. The van der Waals surface area contributed by atoms with Gasteiger partial charge in [-0.1, -0.05) is 5.11 Å². The maximum absolute atomic E-state index is 11.3. The molecule has 1 N–H and O–H groups in total. The highest BCUT2D eigenvalue weighted by atomic mass is 16.5. The topological polar surface area (TPSA) is 105 Å². The number of azide groups is 1. The van der Waals surface area contributed by atoms with Crippen LogP contribution >= 0.6 is 0 Å². The minimum Gasteiger partial charge on any atom is -0.504 e. The molecule has 0 aliphatic heterocycles. The van der Waals surface area contributed by atoms with E-state index in [-0.39, 0.29) is 22.7 Å². The minimum atomic E-state index is -0.680. The fraction of sp³-hybridized carbons (Fsp3) is 0.222. The lowest BCUT2D eigenvalue weighted by Gasteiger charge is -2.08. The van der Waals surface area contributed by atoms with E-state index in [1.807, 2.05) is 0 Å². The number of phenols is 1. The van der Waals surface area contributed by atoms with Crippen LogP contribution in [0.1, 0.15) is 10.4 Å². The molecule has 0 aliphatic rings. The molecule has 0 fully saturated rings. The van der Waals surface area contributed by atoms with E-state index in [4.69, 9.17) is 10.3 Å². The van der Waals surface area contributed by atoms with Crippen molar-refractivity contribution in [1.82, 2.24) is 0 Å². The van der Waals surface area contributed by atoms with Crippen LogP contribution in [-0.2, 0) is 4.74 Å². The van der Waals surface area contributed by atoms with Crippen LogP contribution in [0.3, 0.4) is 0 Å². The summed E-state index contributed by atoms with van der Waals surface area (Å²) in [4.78, 5) is 13.9. The first-order valence-electron chi connectivity index (χ1n) is 4.18. The van der Waals surface area contributed by atoms with Gasteiger partial charge in [-0.15, -0.1) is 0 Å². The summed E-state index contributed by atoms with van der Waals surface area (Å²) in [7, 11) is 2.53. The van der Waals surface area contributed by atoms with E-state index in [0.717, 1.165) is 6.07 Å². The van der Waals surface area contributed by atoms with E-state index in [1.54, 1.807) is 0 Å². The van der Waals surface area contributed by atoms with Gasteiger partial charge in [-0.05, 0) is 17.7 Å². The molecule has 0 aromatic heterocycles. The largest absolute Gasteiger partial charge is 0.504 e. The third-order valence-corrected chi connectivity index (χ3v) is 1.85. The van der Waals surface area contributed by atoms with Crippen LogP contribution in [0, 0.1) is 0 Å². The van der Waals surface area contributed by atoms with E-state index < -0.39 is 5.97 Å². The molecule has 0 radical (unpaired) electrons. The van der Waals surface area contributed by atoms with Gasteiger partial charge in [0.05, 0.1) is 25.5 Å². The highest BCUT2D eigenvalue weighted by Gasteiger charge is 2.15. The number of hydrogen-bond acceptors (Lipinski definition) is 5. The van der Waals surface area contributed by atoms with Crippen molar-refractivity contribution in [3.05, 3.63) is 28.1 Å². The minimum absolute atomic E-state index is 0.0207. The van der Waals surface area contributed by atoms with E-state index in [2.05, 4.69) is 14.8 Å². The number of methoxy groups -OCH3 is 2. The Kier molecular flexibility index (Phi) is 3.58. The lowest BCUT2D eigenvalue weighted by atomic mass is 10.1. The van der Waals surface area contributed by atoms with Crippen LogP contribution in [-0.4, -0.2) is 25.3 Å². The molecule has 0 heterocycles. The monoisotopic (exact) mass is 223 g/mol. The molecule has 1 rings (SSSR count). The Morgan fingerprint density at radius 1 is 1.50 bits per heavy atom. The van der Waals surface area contributed by atoms with Crippen LogP contribution in [0.15, 0.2) is 17.2 Å². The first kappa shape index (κ1) is 11.7. The van der Waals surface area contributed by atoms with Gasteiger partial charge in [0.1, 0.15) is 0 Å². The van der Waals surface area contributed by atoms with Gasteiger partial charge in [-0.3, -0.25) is 0 Å². The normalized spacial score (nSPS) is 9.12. The SMILES string of the molecule is COC(=O)c1cc(OC)c(O)cc1N=[N+]=[N-]. The number of hydrogen-bond donors (Lipinski definition) is 1. The number of carbonyl (C=O) groups is 1. The zero-order chi connectivity index (χ0) is 12.1. The standard InChI is InChI=1S/C9H9N3O4/c1-15-8-3-5(9(14)16-2)6(11-12-10)4-7(8)13/h3-4,13H,1-2H3. The van der Waals surface area contributed by atoms with Gasteiger partial charge in [-0.2, -0.15) is 0 Å². The molecule has 1 aromatic rings. The van der Waals surface area contributed by atoms with Gasteiger partial charge in [-0.25, -0.2) is 4.79 Å². The van der Waals surface area contributed by atoms with Crippen LogP contribution in [0.2, 0.25) is 0 Å². The second-order valence-corrected chi connectivity index (χ2v) is 2.72. The Bertz CT molecular complexity index is 466. The van der Waals surface area contributed by atoms with Crippen molar-refractivity contribution in [2.75, 3.05) is 14.2 Å². The van der Waals surface area contributed by atoms with E-state index in [0.29, 0.717) is 0 Å². The van der Waals surface area contributed by atoms with Crippen molar-refractivity contribution in [3.8, 4) is 11.5 Å². The highest BCUT2D eigenvalue weighted by Crippen LogP contribution is 2.34. The van der Waals surface area contributed by atoms with Crippen molar-refractivity contribution in [3.63, 3.8) is 0 Å². The Balaban J connectivity index is 3.41. The van der Waals surface area contributed by atoms with Crippen molar-refractivity contribution in [1.29, 1.82) is 0 Å². The number of phenolic OH excluding ortho intramolecular Hbond substituents is 1. The summed E-state index contributed by atoms with van der Waals surface area (Å²) in [5, 5.41) is 12.7. The zero-order valence-corrected chi connectivity index (χ0v) is 8.67. The van der Waals surface area contributed by atoms with Crippen LogP contribution < -0.4 is 4.74 Å². The van der Waals surface area contributed by atoms with Crippen LogP contribution in [0.25, 0.3) is 10.4 Å². The van der Waals surface area contributed by atoms with Crippen LogP contribution in [0.5, 0.6) is 11.5 Å². The van der Waals surface area contributed by atoms with Gasteiger partial charge >= 0.3 is 5.97 Å². The molecule has 0 atom stereocenters. The summed E-state index contributed by atoms with van der Waals surface area (Å²) in [6, 6.07) is 2.37. The molecule has 7 nitrogen and oxygen atoms in total. The molecular formula is C9H9N3O4. The maximum atomic E-state index is 11.3. The lowest BCUT2D eigenvalue weighted by molar-refractivity contribution is 0.0601. The van der Waals surface area contributed by atoms with E-state index in [1.165, 1.54) is 20.3 Å². The molecule has 0 spiro atoms. The molecule has 1 aromatic carbocycles. The predicted molar refractivity (Wildman–Crippen MR) is 54.8 cm³/mol. The molecular weight excluding hydrogens is 214 g/mol. The first-order chi connectivity index (χ1) is 7.63. The number of rotatable bonds is 3. The van der Waals surface area contributed by atoms with Crippen molar-refractivity contribution >= 4 is 11.7 Å². The molecule has 0 saturated heterocycles. The van der Waals surface area contributed by atoms with Crippen molar-refractivity contribution in [2.24, 2.45) is 5.11 Å². The summed E-state index contributed by atoms with van der Waals surface area (Å²) >= 11 is 0. The number of nitrogens with zero attached hydrogens (tertiary/aromatic N) is 3. The molecule has 0 saturated carbocycles. The number of carbonyl (C=O) groups excluding carboxylic acids is 1. The number of benzene rings is 1. The second-order valence-electron chi connectivity index (χ2n) is 2.72. The van der Waals surface area contributed by atoms with Crippen LogP contribution in [0.4, 0.5) is 5.69 Å². The molecule has 0 unspecified atom stereocenters. The van der Waals surface area contributed by atoms with Crippen molar-refractivity contribution in [2.45, 2.75) is 0 Å². The van der Waals surface area contributed by atoms with E-state index >= 15 is 0 Å². The third kappa shape index (κ3) is 2.15. The van der Waals surface area contributed by atoms with Gasteiger partial charge in [0, 0.05) is 4.91 Å². The Morgan fingerprint density at radius 3 is 2.69 bits per heavy atom. The molecule has 84 valence electrons. The van der Waals surface area contributed by atoms with Gasteiger partial charge in [0.2, 0.25) is 0 Å². The predicted octanol–water partition coefficient (Wildman–Crippen LogP) is 2.13. The summed E-state index contributed by atoms with van der Waals surface area (Å²) in [5.74, 6) is -0.810. The molecule has 16 heavy (non-hydrogen) atoms. The molecule has 0 bridgehead atoms. The maximum Gasteiger partial charge on any atom is 0.338 e. The zero-order valence-electron chi connectivity index (χ0n) is 8.67. The average molecular weight is 223 g/mol. The highest BCUT2D eigenvalue weighted by molar-refractivity contribution is 5.95. The summed E-state index contributed by atoms with van der Waals surface area (Å²) in [6.07, 6.45) is 0. The van der Waals surface area contributed by atoms with E-state index in [9.17, 15) is 9.90 Å².